The number of rotatable bonds is 9. The molecule has 0 aliphatic rings. The molecular weight excluding hydrogens is 260 g/mol. The number of nitrogens with two attached hydrogens (primary N) is 1. The van der Waals surface area contributed by atoms with Crippen molar-refractivity contribution in [3.63, 3.8) is 0 Å². The Balaban J connectivity index is 2.12. The summed E-state index contributed by atoms with van der Waals surface area (Å²) >= 11 is 0. The van der Waals surface area contributed by atoms with Crippen LogP contribution in [0.4, 0.5) is 0 Å². The van der Waals surface area contributed by atoms with E-state index < -0.39 is 12.0 Å². The zero-order valence-corrected chi connectivity index (χ0v) is 11.7. The minimum atomic E-state index is -0.763. The van der Waals surface area contributed by atoms with Gasteiger partial charge < -0.3 is 16.2 Å². The van der Waals surface area contributed by atoms with Crippen LogP contribution in [0.3, 0.4) is 0 Å². The van der Waals surface area contributed by atoms with Crippen LogP contribution in [0.25, 0.3) is 0 Å². The van der Waals surface area contributed by atoms with Gasteiger partial charge in [-0.2, -0.15) is 5.10 Å². The van der Waals surface area contributed by atoms with E-state index in [4.69, 9.17) is 10.8 Å². The summed E-state index contributed by atoms with van der Waals surface area (Å²) in [6, 6.07) is -0.698. The molecule has 0 spiro atoms. The maximum Gasteiger partial charge on any atom is 0.303 e. The van der Waals surface area contributed by atoms with Crippen LogP contribution in [0, 0.1) is 0 Å². The van der Waals surface area contributed by atoms with Gasteiger partial charge in [-0.15, -0.1) is 0 Å². The lowest BCUT2D eigenvalue weighted by atomic mass is 10.1. The summed E-state index contributed by atoms with van der Waals surface area (Å²) in [6.45, 7) is 0.555. The first-order valence-corrected chi connectivity index (χ1v) is 6.74. The van der Waals surface area contributed by atoms with Gasteiger partial charge in [0.1, 0.15) is 6.04 Å². The van der Waals surface area contributed by atoms with Crippen LogP contribution < -0.4 is 11.1 Å². The van der Waals surface area contributed by atoms with E-state index in [1.54, 1.807) is 24.1 Å². The SMILES string of the molecule is Cn1cc(C(N)C(=O)NCCCCCCC(=O)O)cn1. The summed E-state index contributed by atoms with van der Waals surface area (Å²) in [7, 11) is 1.77. The molecule has 1 heterocycles. The molecule has 0 aliphatic carbocycles. The summed E-state index contributed by atoms with van der Waals surface area (Å²) in [4.78, 5) is 22.1. The molecule has 112 valence electrons. The maximum atomic E-state index is 11.8. The average Bonchev–Trinajstić information content (AvgIpc) is 2.82. The van der Waals surface area contributed by atoms with Crippen molar-refractivity contribution in [2.75, 3.05) is 6.54 Å². The van der Waals surface area contributed by atoms with Gasteiger partial charge in [0.25, 0.3) is 0 Å². The Bertz CT molecular complexity index is 445. The van der Waals surface area contributed by atoms with Crippen LogP contribution >= 0.6 is 0 Å². The summed E-state index contributed by atoms with van der Waals surface area (Å²) in [5, 5.41) is 15.2. The molecule has 0 bridgehead atoms. The smallest absolute Gasteiger partial charge is 0.303 e. The van der Waals surface area contributed by atoms with Gasteiger partial charge in [0.05, 0.1) is 6.20 Å². The third-order valence-electron chi connectivity index (χ3n) is 2.98. The number of nitrogens with zero attached hydrogens (tertiary/aromatic N) is 2. The van der Waals surface area contributed by atoms with E-state index in [-0.39, 0.29) is 12.3 Å². The van der Waals surface area contributed by atoms with Crippen molar-refractivity contribution in [2.24, 2.45) is 12.8 Å². The van der Waals surface area contributed by atoms with E-state index in [0.717, 1.165) is 19.3 Å². The Morgan fingerprint density at radius 1 is 1.40 bits per heavy atom. The molecular formula is C13H22N4O3. The molecule has 0 saturated carbocycles. The lowest BCUT2D eigenvalue weighted by molar-refractivity contribution is -0.137. The van der Waals surface area contributed by atoms with Crippen LogP contribution in [0.15, 0.2) is 12.4 Å². The van der Waals surface area contributed by atoms with Crippen molar-refractivity contribution >= 4 is 11.9 Å². The van der Waals surface area contributed by atoms with E-state index in [1.165, 1.54) is 0 Å². The molecule has 0 saturated heterocycles. The Hall–Kier alpha value is -1.89. The highest BCUT2D eigenvalue weighted by molar-refractivity contribution is 5.82. The fourth-order valence-corrected chi connectivity index (χ4v) is 1.83. The minimum absolute atomic E-state index is 0.207. The monoisotopic (exact) mass is 282 g/mol. The van der Waals surface area contributed by atoms with E-state index in [0.29, 0.717) is 18.5 Å². The highest BCUT2D eigenvalue weighted by Crippen LogP contribution is 2.08. The third kappa shape index (κ3) is 5.83. The van der Waals surface area contributed by atoms with Gasteiger partial charge in [0.2, 0.25) is 5.91 Å². The van der Waals surface area contributed by atoms with Gasteiger partial charge in [-0.25, -0.2) is 0 Å². The zero-order valence-electron chi connectivity index (χ0n) is 11.7. The molecule has 20 heavy (non-hydrogen) atoms. The van der Waals surface area contributed by atoms with Gasteiger partial charge in [-0.05, 0) is 12.8 Å². The number of carbonyl (C=O) groups is 2. The summed E-state index contributed by atoms with van der Waals surface area (Å²) in [6.07, 6.45) is 6.76. The molecule has 1 amide bonds. The number of amides is 1. The number of hydrogen-bond donors (Lipinski definition) is 3. The van der Waals surface area contributed by atoms with E-state index in [9.17, 15) is 9.59 Å². The normalized spacial score (nSPS) is 12.1. The number of aryl methyl sites for hydroxylation is 1. The van der Waals surface area contributed by atoms with E-state index in [1.807, 2.05) is 0 Å². The Kier molecular flexibility index (Phi) is 6.72. The second-order valence-electron chi connectivity index (χ2n) is 4.77. The van der Waals surface area contributed by atoms with Gasteiger partial charge >= 0.3 is 5.97 Å². The lowest BCUT2D eigenvalue weighted by Gasteiger charge is -2.10. The first-order chi connectivity index (χ1) is 9.50. The number of carboxylic acid groups (broad SMARTS) is 1. The lowest BCUT2D eigenvalue weighted by Crippen LogP contribution is -2.34. The summed E-state index contributed by atoms with van der Waals surface area (Å²) in [5.74, 6) is -0.982. The minimum Gasteiger partial charge on any atom is -0.481 e. The number of carbonyl (C=O) groups excluding carboxylic acids is 1. The van der Waals surface area contributed by atoms with Crippen molar-refractivity contribution in [2.45, 2.75) is 38.1 Å². The van der Waals surface area contributed by atoms with Crippen LogP contribution in [-0.2, 0) is 16.6 Å². The van der Waals surface area contributed by atoms with E-state index >= 15 is 0 Å². The van der Waals surface area contributed by atoms with Crippen molar-refractivity contribution in [3.8, 4) is 0 Å². The summed E-state index contributed by atoms with van der Waals surface area (Å²) in [5.41, 5.74) is 6.50. The predicted octanol–water partition coefficient (Wildman–Crippen LogP) is 0.571. The molecule has 1 unspecified atom stereocenters. The molecule has 1 aromatic heterocycles. The molecule has 7 heteroatoms. The third-order valence-corrected chi connectivity index (χ3v) is 2.98. The molecule has 0 radical (unpaired) electrons. The second kappa shape index (κ2) is 8.31. The summed E-state index contributed by atoms with van der Waals surface area (Å²) < 4.78 is 1.60. The Morgan fingerprint density at radius 2 is 2.10 bits per heavy atom. The first-order valence-electron chi connectivity index (χ1n) is 6.74. The van der Waals surface area contributed by atoms with Crippen LogP contribution in [0.5, 0.6) is 0 Å². The highest BCUT2D eigenvalue weighted by Gasteiger charge is 2.16. The number of hydrogen-bond acceptors (Lipinski definition) is 4. The van der Waals surface area contributed by atoms with E-state index in [2.05, 4.69) is 10.4 Å². The molecule has 4 N–H and O–H groups in total. The zero-order chi connectivity index (χ0) is 15.0. The van der Waals surface area contributed by atoms with Crippen LogP contribution in [-0.4, -0.2) is 33.3 Å². The Morgan fingerprint density at radius 3 is 2.70 bits per heavy atom. The van der Waals surface area contributed by atoms with Crippen molar-refractivity contribution < 1.29 is 14.7 Å². The quantitative estimate of drug-likeness (QED) is 0.573. The fraction of sp³-hybridized carbons (Fsp3) is 0.615. The fourth-order valence-electron chi connectivity index (χ4n) is 1.83. The largest absolute Gasteiger partial charge is 0.481 e. The molecule has 0 aliphatic heterocycles. The predicted molar refractivity (Wildman–Crippen MR) is 73.9 cm³/mol. The van der Waals surface area contributed by atoms with Gasteiger partial charge in [-0.1, -0.05) is 12.8 Å². The van der Waals surface area contributed by atoms with Crippen molar-refractivity contribution in [3.05, 3.63) is 18.0 Å². The van der Waals surface area contributed by atoms with Crippen molar-refractivity contribution in [1.82, 2.24) is 15.1 Å². The van der Waals surface area contributed by atoms with Crippen molar-refractivity contribution in [1.29, 1.82) is 0 Å². The number of unbranched alkanes of at least 4 members (excludes halogenated alkanes) is 3. The highest BCUT2D eigenvalue weighted by atomic mass is 16.4. The molecule has 0 aromatic carbocycles. The number of aliphatic carboxylic acids is 1. The van der Waals surface area contributed by atoms with Gasteiger partial charge in [-0.3, -0.25) is 14.3 Å². The molecule has 0 fully saturated rings. The van der Waals surface area contributed by atoms with Gasteiger partial charge in [0, 0.05) is 31.8 Å². The molecule has 7 nitrogen and oxygen atoms in total. The standard InChI is InChI=1S/C13H22N4O3/c1-17-9-10(8-16-17)12(14)13(20)15-7-5-3-2-4-6-11(18)19/h8-9,12H,2-7,14H2,1H3,(H,15,20)(H,18,19). The van der Waals surface area contributed by atoms with Crippen LogP contribution in [0.2, 0.25) is 0 Å². The van der Waals surface area contributed by atoms with Gasteiger partial charge in [0.15, 0.2) is 0 Å². The number of nitrogens with one attached hydrogen (secondary N) is 1. The maximum absolute atomic E-state index is 11.8. The number of aromatic nitrogens is 2. The average molecular weight is 282 g/mol. The second-order valence-corrected chi connectivity index (χ2v) is 4.77. The first kappa shape index (κ1) is 16.2. The topological polar surface area (TPSA) is 110 Å². The molecule has 1 atom stereocenters. The van der Waals surface area contributed by atoms with Crippen LogP contribution in [0.1, 0.15) is 43.7 Å². The Labute approximate surface area is 118 Å². The molecule has 1 rings (SSSR count). The number of carboxylic acids is 1. The molecule has 1 aromatic rings.